The second-order valence-electron chi connectivity index (χ2n) is 2.77. The zero-order valence-corrected chi connectivity index (χ0v) is 8.54. The quantitative estimate of drug-likeness (QED) is 0.658. The minimum atomic E-state index is -0.160. The summed E-state index contributed by atoms with van der Waals surface area (Å²) < 4.78 is -0.0984. The Bertz CT molecular complexity index is 164. The fourth-order valence-corrected chi connectivity index (χ4v) is 2.46. The van der Waals surface area contributed by atoms with Crippen molar-refractivity contribution in [2.24, 2.45) is 5.41 Å². The molecule has 1 unspecified atom stereocenters. The van der Waals surface area contributed by atoms with Crippen LogP contribution in [0.15, 0.2) is 0 Å². The maximum Gasteiger partial charge on any atom is 0.138 e. The van der Waals surface area contributed by atoms with Gasteiger partial charge in [0.05, 0.1) is 8.65 Å². The van der Waals surface area contributed by atoms with E-state index in [2.05, 4.69) is 31.9 Å². The lowest BCUT2D eigenvalue weighted by atomic mass is 10.1. The molecule has 1 aliphatic carbocycles. The maximum atomic E-state index is 10.9. The zero-order valence-electron chi connectivity index (χ0n) is 5.37. The molecule has 0 amide bonds. The van der Waals surface area contributed by atoms with E-state index < -0.39 is 0 Å². The van der Waals surface area contributed by atoms with Crippen LogP contribution in [0.2, 0.25) is 0 Å². The lowest BCUT2D eigenvalue weighted by Gasteiger charge is -2.05. The van der Waals surface area contributed by atoms with E-state index in [-0.39, 0.29) is 14.4 Å². The van der Waals surface area contributed by atoms with Crippen molar-refractivity contribution < 1.29 is 4.79 Å². The minimum absolute atomic E-state index is 0.0984. The van der Waals surface area contributed by atoms with Crippen molar-refractivity contribution in [1.29, 1.82) is 0 Å². The monoisotopic (exact) mass is 254 g/mol. The lowest BCUT2D eigenvalue weighted by Crippen LogP contribution is -2.13. The number of halogens is 2. The Morgan fingerprint density at radius 1 is 1.56 bits per heavy atom. The van der Waals surface area contributed by atoms with Crippen LogP contribution in [0.25, 0.3) is 0 Å². The predicted octanol–water partition coefficient (Wildman–Crippen LogP) is 2.47. The van der Waals surface area contributed by atoms with Crippen molar-refractivity contribution in [2.75, 3.05) is 0 Å². The number of Topliss-reactive ketones (excluding diaryl/α,β-unsaturated/α-hetero) is 1. The summed E-state index contributed by atoms with van der Waals surface area (Å²) in [6.07, 6.45) is 0.898. The molecule has 1 nitrogen and oxygen atoms in total. The highest BCUT2D eigenvalue weighted by Crippen LogP contribution is 2.66. The number of hydrogen-bond donors (Lipinski definition) is 0. The van der Waals surface area contributed by atoms with Crippen molar-refractivity contribution >= 4 is 37.6 Å². The molecule has 0 aromatic carbocycles. The molecular formula is C6H8Br2O. The summed E-state index contributed by atoms with van der Waals surface area (Å²) in [6, 6.07) is 0. The standard InChI is InChI=1S/C6H8Br2O/c1-4(9)5(2)3-6(5,7)8/h3H2,1-2H3. The number of ketones is 1. The first-order chi connectivity index (χ1) is 3.90. The van der Waals surface area contributed by atoms with Crippen molar-refractivity contribution in [3.05, 3.63) is 0 Å². The molecule has 0 aromatic rings. The summed E-state index contributed by atoms with van der Waals surface area (Å²) in [5, 5.41) is 0. The van der Waals surface area contributed by atoms with Crippen LogP contribution in [-0.2, 0) is 4.79 Å². The van der Waals surface area contributed by atoms with E-state index in [1.54, 1.807) is 6.92 Å². The summed E-state index contributed by atoms with van der Waals surface area (Å²) >= 11 is 6.81. The fourth-order valence-electron chi connectivity index (χ4n) is 0.782. The summed E-state index contributed by atoms with van der Waals surface area (Å²) in [4.78, 5) is 10.9. The smallest absolute Gasteiger partial charge is 0.138 e. The molecule has 52 valence electrons. The third-order valence-corrected chi connectivity index (χ3v) is 4.35. The molecule has 0 aliphatic heterocycles. The van der Waals surface area contributed by atoms with Gasteiger partial charge in [0.2, 0.25) is 0 Å². The Morgan fingerprint density at radius 3 is 1.89 bits per heavy atom. The molecule has 1 atom stereocenters. The van der Waals surface area contributed by atoms with E-state index in [9.17, 15) is 4.79 Å². The van der Waals surface area contributed by atoms with Crippen LogP contribution >= 0.6 is 31.9 Å². The van der Waals surface area contributed by atoms with Gasteiger partial charge in [0.25, 0.3) is 0 Å². The maximum absolute atomic E-state index is 10.9. The highest BCUT2D eigenvalue weighted by atomic mass is 79.9. The van der Waals surface area contributed by atoms with Gasteiger partial charge in [-0.15, -0.1) is 0 Å². The number of carbonyl (C=O) groups is 1. The molecule has 0 saturated heterocycles. The fraction of sp³-hybridized carbons (Fsp3) is 0.833. The second kappa shape index (κ2) is 1.82. The number of rotatable bonds is 1. The van der Waals surface area contributed by atoms with Crippen molar-refractivity contribution in [3.63, 3.8) is 0 Å². The van der Waals surface area contributed by atoms with Crippen LogP contribution in [0.5, 0.6) is 0 Å². The Labute approximate surface area is 71.5 Å². The number of hydrogen-bond acceptors (Lipinski definition) is 1. The summed E-state index contributed by atoms with van der Waals surface area (Å²) in [6.45, 7) is 3.59. The number of carbonyl (C=O) groups excluding carboxylic acids is 1. The Hall–Kier alpha value is 0.630. The van der Waals surface area contributed by atoms with Crippen molar-refractivity contribution in [2.45, 2.75) is 23.5 Å². The Kier molecular flexibility index (Phi) is 1.56. The van der Waals surface area contributed by atoms with Crippen LogP contribution in [0.4, 0.5) is 0 Å². The topological polar surface area (TPSA) is 17.1 Å². The third-order valence-electron chi connectivity index (χ3n) is 2.03. The molecule has 0 radical (unpaired) electrons. The summed E-state index contributed by atoms with van der Waals surface area (Å²) in [5.74, 6) is 0.247. The van der Waals surface area contributed by atoms with E-state index in [0.29, 0.717) is 0 Å². The molecule has 1 rings (SSSR count). The van der Waals surface area contributed by atoms with Gasteiger partial charge in [-0.2, -0.15) is 0 Å². The second-order valence-corrected chi connectivity index (χ2v) is 6.54. The van der Waals surface area contributed by atoms with Crippen LogP contribution in [0, 0.1) is 5.41 Å². The highest BCUT2D eigenvalue weighted by Gasteiger charge is 2.64. The van der Waals surface area contributed by atoms with Crippen molar-refractivity contribution in [3.8, 4) is 0 Å². The van der Waals surface area contributed by atoms with E-state index in [1.807, 2.05) is 6.92 Å². The van der Waals surface area contributed by atoms with Gasteiger partial charge in [-0.25, -0.2) is 0 Å². The predicted molar refractivity (Wildman–Crippen MR) is 44.0 cm³/mol. The SMILES string of the molecule is CC(=O)C1(C)CC1(Br)Br. The first-order valence-electron chi connectivity index (χ1n) is 2.79. The third kappa shape index (κ3) is 0.984. The van der Waals surface area contributed by atoms with Gasteiger partial charge >= 0.3 is 0 Å². The van der Waals surface area contributed by atoms with Crippen LogP contribution in [0.3, 0.4) is 0 Å². The molecular weight excluding hydrogens is 248 g/mol. The van der Waals surface area contributed by atoms with Crippen molar-refractivity contribution in [1.82, 2.24) is 0 Å². The summed E-state index contributed by atoms with van der Waals surface area (Å²) in [5.41, 5.74) is -0.160. The molecule has 0 aromatic heterocycles. The normalized spacial score (nSPS) is 38.2. The van der Waals surface area contributed by atoms with Gasteiger partial charge in [0, 0.05) is 0 Å². The molecule has 0 spiro atoms. The average molecular weight is 256 g/mol. The van der Waals surface area contributed by atoms with E-state index >= 15 is 0 Å². The van der Waals surface area contributed by atoms with Gasteiger partial charge in [0.1, 0.15) is 5.78 Å². The molecule has 0 heterocycles. The molecule has 1 saturated carbocycles. The minimum Gasteiger partial charge on any atom is -0.299 e. The van der Waals surface area contributed by atoms with Gasteiger partial charge < -0.3 is 0 Å². The molecule has 9 heavy (non-hydrogen) atoms. The summed E-state index contributed by atoms with van der Waals surface area (Å²) in [7, 11) is 0. The van der Waals surface area contributed by atoms with E-state index in [1.165, 1.54) is 0 Å². The number of alkyl halides is 2. The van der Waals surface area contributed by atoms with Crippen LogP contribution in [0.1, 0.15) is 20.3 Å². The zero-order chi connectivity index (χ0) is 7.28. The van der Waals surface area contributed by atoms with Gasteiger partial charge in [-0.1, -0.05) is 38.8 Å². The first-order valence-corrected chi connectivity index (χ1v) is 4.38. The lowest BCUT2D eigenvalue weighted by molar-refractivity contribution is -0.121. The highest BCUT2D eigenvalue weighted by molar-refractivity contribution is 9.25. The largest absolute Gasteiger partial charge is 0.299 e. The van der Waals surface area contributed by atoms with Crippen LogP contribution < -0.4 is 0 Å². The van der Waals surface area contributed by atoms with E-state index in [0.717, 1.165) is 6.42 Å². The van der Waals surface area contributed by atoms with Gasteiger partial charge in [-0.3, -0.25) is 4.79 Å². The van der Waals surface area contributed by atoms with Gasteiger partial charge in [0.15, 0.2) is 0 Å². The molecule has 1 aliphatic rings. The Morgan fingerprint density at radius 2 is 1.89 bits per heavy atom. The van der Waals surface area contributed by atoms with Crippen LogP contribution in [-0.4, -0.2) is 9.02 Å². The molecule has 0 bridgehead atoms. The Balaban J connectivity index is 2.74. The first kappa shape index (κ1) is 7.73. The molecule has 0 N–H and O–H groups in total. The molecule has 1 fully saturated rings. The van der Waals surface area contributed by atoms with E-state index in [4.69, 9.17) is 0 Å². The molecule has 3 heteroatoms. The average Bonchev–Trinajstić information content (AvgIpc) is 2.08. The van der Waals surface area contributed by atoms with Gasteiger partial charge in [-0.05, 0) is 13.3 Å².